The van der Waals surface area contributed by atoms with E-state index < -0.39 is 18.2 Å². The van der Waals surface area contributed by atoms with E-state index >= 15 is 0 Å². The maximum absolute atomic E-state index is 13.1. The summed E-state index contributed by atoms with van der Waals surface area (Å²) in [6.45, 7) is 8.30. The van der Waals surface area contributed by atoms with Crippen LogP contribution < -0.4 is 16.4 Å². The quantitative estimate of drug-likeness (QED) is 0.0964. The molecule has 2 fully saturated rings. The van der Waals surface area contributed by atoms with Gasteiger partial charge in [-0.2, -0.15) is 0 Å². The topological polar surface area (TPSA) is 182 Å². The lowest BCUT2D eigenvalue weighted by atomic mass is 9.99. The van der Waals surface area contributed by atoms with Crippen LogP contribution in [0.25, 0.3) is 44.2 Å². The van der Waals surface area contributed by atoms with Gasteiger partial charge in [-0.3, -0.25) is 9.59 Å². The number of rotatable bonds is 10. The summed E-state index contributed by atoms with van der Waals surface area (Å²) in [5, 5.41) is 16.8. The molecule has 2 aliphatic rings. The Morgan fingerprint density at radius 3 is 2.37 bits per heavy atom. The number of H-pyrrole nitrogens is 2. The lowest BCUT2D eigenvalue weighted by Gasteiger charge is -2.27. The number of carboxylic acid groups (broad SMARTS) is 1. The van der Waals surface area contributed by atoms with Crippen LogP contribution in [0.5, 0.6) is 0 Å². The van der Waals surface area contributed by atoms with Crippen molar-refractivity contribution in [1.29, 1.82) is 0 Å². The zero-order chi connectivity index (χ0) is 36.7. The molecule has 0 spiro atoms. The van der Waals surface area contributed by atoms with E-state index in [0.29, 0.717) is 6.54 Å². The maximum Gasteiger partial charge on any atom is 0.405 e. The first-order chi connectivity index (χ1) is 25.0. The van der Waals surface area contributed by atoms with Crippen LogP contribution in [0.15, 0.2) is 60.8 Å². The fourth-order valence-corrected chi connectivity index (χ4v) is 7.86. The molecule has 1 aliphatic heterocycles. The molecule has 1 saturated carbocycles. The second-order valence-electron chi connectivity index (χ2n) is 15.1. The predicted molar refractivity (Wildman–Crippen MR) is 201 cm³/mol. The predicted octanol–water partition coefficient (Wildman–Crippen LogP) is 6.46. The molecule has 0 unspecified atom stereocenters. The first-order valence-electron chi connectivity index (χ1n) is 18.4. The van der Waals surface area contributed by atoms with Gasteiger partial charge in [0.2, 0.25) is 11.8 Å². The van der Waals surface area contributed by atoms with Gasteiger partial charge in [0.1, 0.15) is 17.7 Å². The molecule has 7 rings (SSSR count). The van der Waals surface area contributed by atoms with Crippen LogP contribution in [0, 0.1) is 11.8 Å². The summed E-state index contributed by atoms with van der Waals surface area (Å²) in [6.07, 6.45) is 5.07. The van der Waals surface area contributed by atoms with E-state index in [1.807, 2.05) is 38.8 Å². The molecule has 0 radical (unpaired) electrons. The Labute approximate surface area is 303 Å². The standard InChI is InChI=1S/C40H48N8O4/c1-21(2)33(41)39(50)48-18-6-9-32(48)37-42-20-31(44-37)24-12-10-23(11-13-24)25-14-16-27-26(19-25)15-17-30-35(27)46-36(43-30)28-7-5-8-29(28)45-38(49)34(22(3)4)47-40(51)52/h10-17,19-22,28-29,32-34,47H,5-9,18,41H2,1-4H3,(H,42,44)(H,43,46)(H,45,49)(H,51,52)/t28-,29-,32-,33-,34-/m0/s1. The van der Waals surface area contributed by atoms with Crippen molar-refractivity contribution < 1.29 is 19.5 Å². The van der Waals surface area contributed by atoms with Gasteiger partial charge in [-0.15, -0.1) is 0 Å². The molecule has 1 aliphatic carbocycles. The number of hydrogen-bond acceptors (Lipinski definition) is 6. The number of nitrogens with one attached hydrogen (secondary N) is 4. The highest BCUT2D eigenvalue weighted by Gasteiger charge is 2.36. The Bertz CT molecular complexity index is 2100. The minimum absolute atomic E-state index is 0.00976. The van der Waals surface area contributed by atoms with Crippen LogP contribution in [0.3, 0.4) is 0 Å². The van der Waals surface area contributed by atoms with Crippen LogP contribution in [0.2, 0.25) is 0 Å². The van der Waals surface area contributed by atoms with Crippen molar-refractivity contribution >= 4 is 39.7 Å². The summed E-state index contributed by atoms with van der Waals surface area (Å²) in [6, 6.07) is 17.4. The zero-order valence-corrected chi connectivity index (χ0v) is 30.1. The van der Waals surface area contributed by atoms with Crippen LogP contribution >= 0.6 is 0 Å². The number of carbonyl (C=O) groups is 3. The van der Waals surface area contributed by atoms with Gasteiger partial charge in [-0.25, -0.2) is 14.8 Å². The molecular formula is C40H48N8O4. The van der Waals surface area contributed by atoms with E-state index in [0.717, 1.165) is 87.9 Å². The molecule has 12 heteroatoms. The largest absolute Gasteiger partial charge is 0.465 e. The van der Waals surface area contributed by atoms with Gasteiger partial charge in [0.25, 0.3) is 0 Å². The maximum atomic E-state index is 13.1. The van der Waals surface area contributed by atoms with Crippen molar-refractivity contribution in [2.24, 2.45) is 17.6 Å². The van der Waals surface area contributed by atoms with Crippen LogP contribution in [-0.2, 0) is 9.59 Å². The van der Waals surface area contributed by atoms with Gasteiger partial charge in [0.15, 0.2) is 0 Å². The molecule has 1 saturated heterocycles. The summed E-state index contributed by atoms with van der Waals surface area (Å²) in [5.41, 5.74) is 12.1. The lowest BCUT2D eigenvalue weighted by molar-refractivity contribution is -0.134. The van der Waals surface area contributed by atoms with Crippen molar-refractivity contribution in [2.45, 2.75) is 89.9 Å². The Morgan fingerprint density at radius 2 is 1.63 bits per heavy atom. The third kappa shape index (κ3) is 6.87. The molecule has 5 atom stereocenters. The normalized spacial score (nSPS) is 20.2. The molecule has 52 heavy (non-hydrogen) atoms. The second kappa shape index (κ2) is 14.4. The minimum Gasteiger partial charge on any atom is -0.465 e. The fraction of sp³-hybridized carbons (Fsp3) is 0.425. The number of amides is 3. The second-order valence-corrected chi connectivity index (χ2v) is 15.1. The number of carbonyl (C=O) groups excluding carboxylic acids is 2. The Kier molecular flexibility index (Phi) is 9.76. The average Bonchev–Trinajstić information content (AvgIpc) is 3.95. The SMILES string of the molecule is CC(C)[C@H](N)C(=O)N1CCC[C@H]1c1ncc(-c2ccc(-c3ccc4c(ccc5[nH]c([C@H]6CCC[C@@H]6NC(=O)[C@@H](NC(=O)O)C(C)C)nc54)c3)cc2)[nH]1. The number of likely N-dealkylation sites (tertiary alicyclic amines) is 1. The lowest BCUT2D eigenvalue weighted by Crippen LogP contribution is -2.52. The monoisotopic (exact) mass is 704 g/mol. The first kappa shape index (κ1) is 35.2. The first-order valence-corrected chi connectivity index (χ1v) is 18.4. The molecular weight excluding hydrogens is 656 g/mol. The van der Waals surface area contributed by atoms with Crippen molar-refractivity contribution in [2.75, 3.05) is 6.54 Å². The number of nitrogens with two attached hydrogens (primary N) is 1. The smallest absolute Gasteiger partial charge is 0.405 e. The molecule has 272 valence electrons. The van der Waals surface area contributed by atoms with Crippen molar-refractivity contribution in [3.05, 3.63) is 72.4 Å². The molecule has 7 N–H and O–H groups in total. The van der Waals surface area contributed by atoms with Crippen LogP contribution in [0.1, 0.15) is 83.4 Å². The number of benzene rings is 3. The number of fused-ring (bicyclic) bond motifs is 3. The number of aromatic nitrogens is 4. The minimum atomic E-state index is -1.21. The molecule has 3 heterocycles. The highest BCUT2D eigenvalue weighted by atomic mass is 16.4. The summed E-state index contributed by atoms with van der Waals surface area (Å²) in [4.78, 5) is 56.0. The molecule has 3 amide bonds. The van der Waals surface area contributed by atoms with Gasteiger partial charge in [0.05, 0.1) is 35.0 Å². The van der Waals surface area contributed by atoms with Gasteiger partial charge in [0, 0.05) is 23.9 Å². The zero-order valence-electron chi connectivity index (χ0n) is 30.1. The van der Waals surface area contributed by atoms with Crippen LogP contribution in [0.4, 0.5) is 4.79 Å². The summed E-state index contributed by atoms with van der Waals surface area (Å²) in [5.74, 6) is 1.23. The van der Waals surface area contributed by atoms with E-state index in [1.54, 1.807) is 0 Å². The number of hydrogen-bond donors (Lipinski definition) is 6. The van der Waals surface area contributed by atoms with Crippen molar-refractivity contribution in [3.8, 4) is 22.4 Å². The van der Waals surface area contributed by atoms with Crippen molar-refractivity contribution in [1.82, 2.24) is 35.5 Å². The Balaban J connectivity index is 1.07. The number of imidazole rings is 2. The van der Waals surface area contributed by atoms with E-state index in [9.17, 15) is 19.5 Å². The average molecular weight is 705 g/mol. The van der Waals surface area contributed by atoms with Crippen molar-refractivity contribution in [3.63, 3.8) is 0 Å². The van der Waals surface area contributed by atoms with E-state index in [4.69, 9.17) is 10.7 Å². The van der Waals surface area contributed by atoms with Gasteiger partial charge in [-0.1, -0.05) is 76.6 Å². The fourth-order valence-electron chi connectivity index (χ4n) is 7.86. The van der Waals surface area contributed by atoms with Gasteiger partial charge < -0.3 is 36.3 Å². The van der Waals surface area contributed by atoms with Crippen LogP contribution in [-0.4, -0.2) is 72.5 Å². The number of nitrogens with zero attached hydrogens (tertiary/aromatic N) is 3. The van der Waals surface area contributed by atoms with Gasteiger partial charge >= 0.3 is 6.09 Å². The Morgan fingerprint density at radius 1 is 0.885 bits per heavy atom. The molecule has 2 aromatic heterocycles. The third-order valence-corrected chi connectivity index (χ3v) is 10.9. The van der Waals surface area contributed by atoms with E-state index in [1.165, 1.54) is 0 Å². The van der Waals surface area contributed by atoms with Gasteiger partial charge in [-0.05, 0) is 71.7 Å². The molecule has 3 aromatic carbocycles. The molecule has 0 bridgehead atoms. The van der Waals surface area contributed by atoms with E-state index in [-0.39, 0.29) is 41.7 Å². The summed E-state index contributed by atoms with van der Waals surface area (Å²) >= 11 is 0. The summed E-state index contributed by atoms with van der Waals surface area (Å²) < 4.78 is 0. The van der Waals surface area contributed by atoms with E-state index in [2.05, 4.69) is 80.2 Å². The molecule has 12 nitrogen and oxygen atoms in total. The highest BCUT2D eigenvalue weighted by Crippen LogP contribution is 2.37. The highest BCUT2D eigenvalue weighted by molar-refractivity contribution is 6.05. The Hall–Kier alpha value is -5.23. The summed E-state index contributed by atoms with van der Waals surface area (Å²) in [7, 11) is 0. The third-order valence-electron chi connectivity index (χ3n) is 10.9. The number of aromatic amines is 2. The molecule has 5 aromatic rings.